The van der Waals surface area contributed by atoms with E-state index in [0.717, 1.165) is 22.0 Å². The van der Waals surface area contributed by atoms with Crippen molar-refractivity contribution in [3.8, 4) is 0 Å². The van der Waals surface area contributed by atoms with Gasteiger partial charge in [-0.3, -0.25) is 9.36 Å². The van der Waals surface area contributed by atoms with E-state index in [1.807, 2.05) is 98.8 Å². The van der Waals surface area contributed by atoms with Crippen LogP contribution in [0.1, 0.15) is 37.1 Å². The van der Waals surface area contributed by atoms with Crippen LogP contribution in [0.15, 0.2) is 95.8 Å². The number of aryl methyl sites for hydroxylation is 1. The largest absolute Gasteiger partial charge is 0.311 e. The number of rotatable bonds is 7. The number of hydrogen-bond acceptors (Lipinski definition) is 2. The number of aromatic nitrogens is 1. The van der Waals surface area contributed by atoms with Gasteiger partial charge in [0.15, 0.2) is 0 Å². The maximum atomic E-state index is 14.6. The van der Waals surface area contributed by atoms with Crippen molar-refractivity contribution in [3.05, 3.63) is 112 Å². The Morgan fingerprint density at radius 2 is 1.22 bits per heavy atom. The summed E-state index contributed by atoms with van der Waals surface area (Å²) < 4.78 is 16.1. The molecule has 6 heteroatoms. The van der Waals surface area contributed by atoms with Crippen LogP contribution in [0.25, 0.3) is 10.9 Å². The third-order valence-corrected chi connectivity index (χ3v) is 8.30. The van der Waals surface area contributed by atoms with E-state index in [2.05, 4.69) is 10.2 Å². The van der Waals surface area contributed by atoms with Gasteiger partial charge in [-0.2, -0.15) is 0 Å². The number of nitrogens with one attached hydrogen (secondary N) is 2. The number of benzene rings is 3. The Labute approximate surface area is 188 Å². The summed E-state index contributed by atoms with van der Waals surface area (Å²) in [5.41, 5.74) is 2.53. The van der Waals surface area contributed by atoms with E-state index in [-0.39, 0.29) is 22.9 Å². The molecule has 4 aromatic rings. The van der Waals surface area contributed by atoms with Gasteiger partial charge >= 0.3 is 0 Å². The summed E-state index contributed by atoms with van der Waals surface area (Å²) in [5, 5.41) is 7.70. The van der Waals surface area contributed by atoms with Gasteiger partial charge in [-0.1, -0.05) is 78.9 Å². The monoisotopic (exact) mass is 445 g/mol. The highest BCUT2D eigenvalue weighted by atomic mass is 31.2. The summed E-state index contributed by atoms with van der Waals surface area (Å²) in [6.45, 7) is 3.92. The fraction of sp³-hybridized carbons (Fsp3) is 0.192. The van der Waals surface area contributed by atoms with E-state index in [1.165, 1.54) is 0 Å². The zero-order chi connectivity index (χ0) is 22.7. The minimum absolute atomic E-state index is 0.228. The van der Waals surface area contributed by atoms with Gasteiger partial charge < -0.3 is 4.57 Å². The summed E-state index contributed by atoms with van der Waals surface area (Å²) in [4.78, 5) is 13.4. The Morgan fingerprint density at radius 1 is 0.750 bits per heavy atom. The summed E-state index contributed by atoms with van der Waals surface area (Å²) in [6.07, 6.45) is 0. The highest BCUT2D eigenvalue weighted by Crippen LogP contribution is 2.40. The van der Waals surface area contributed by atoms with Crippen molar-refractivity contribution in [2.24, 2.45) is 7.05 Å². The molecular formula is C26H28N3O2P. The number of para-hydroxylation sites is 1. The molecule has 0 radical (unpaired) electrons. The molecule has 32 heavy (non-hydrogen) atoms. The van der Waals surface area contributed by atoms with Crippen LogP contribution in [0.5, 0.6) is 0 Å². The standard InChI is InChI=1S/C26H28N3O2P/c1-19(21-12-6-4-7-13-21)27-32(31,28-20(2)22-14-8-5-9-15-22)25-18-23-16-10-11-17-24(23)29(3)26(25)30/h4-20H,1-3H3,(H2,27,28,31)/t19-,20-/m0/s1. The smallest absolute Gasteiger partial charge is 0.264 e. The molecule has 0 unspecified atom stereocenters. The lowest BCUT2D eigenvalue weighted by molar-refractivity contribution is 0.539. The Morgan fingerprint density at radius 3 is 1.75 bits per heavy atom. The van der Waals surface area contributed by atoms with Crippen molar-refractivity contribution in [2.75, 3.05) is 0 Å². The minimum atomic E-state index is -3.52. The third-order valence-electron chi connectivity index (χ3n) is 5.80. The lowest BCUT2D eigenvalue weighted by Crippen LogP contribution is -2.42. The molecule has 2 atom stereocenters. The summed E-state index contributed by atoms with van der Waals surface area (Å²) >= 11 is 0. The van der Waals surface area contributed by atoms with Gasteiger partial charge in [-0.25, -0.2) is 10.2 Å². The molecule has 0 amide bonds. The zero-order valence-corrected chi connectivity index (χ0v) is 19.4. The van der Waals surface area contributed by atoms with Crippen LogP contribution >= 0.6 is 7.44 Å². The van der Waals surface area contributed by atoms with E-state index in [0.29, 0.717) is 0 Å². The second-order valence-corrected chi connectivity index (χ2v) is 10.3. The van der Waals surface area contributed by atoms with Crippen molar-refractivity contribution >= 4 is 23.7 Å². The number of fused-ring (bicyclic) bond motifs is 1. The zero-order valence-electron chi connectivity index (χ0n) is 18.5. The lowest BCUT2D eigenvalue weighted by atomic mass is 10.1. The molecule has 4 rings (SSSR count). The molecule has 5 nitrogen and oxygen atoms in total. The number of nitrogens with zero attached hydrogens (tertiary/aromatic N) is 1. The van der Waals surface area contributed by atoms with Crippen molar-refractivity contribution in [3.63, 3.8) is 0 Å². The predicted octanol–water partition coefficient (Wildman–Crippen LogP) is 5.06. The molecule has 0 aliphatic carbocycles. The highest BCUT2D eigenvalue weighted by Gasteiger charge is 2.32. The third kappa shape index (κ3) is 4.46. The molecule has 0 spiro atoms. The summed E-state index contributed by atoms with van der Waals surface area (Å²) in [7, 11) is -1.80. The number of pyridine rings is 1. The summed E-state index contributed by atoms with van der Waals surface area (Å²) in [6, 6.07) is 28.6. The Bertz CT molecular complexity index is 1270. The maximum absolute atomic E-state index is 14.6. The van der Waals surface area contributed by atoms with Gasteiger partial charge in [0, 0.05) is 19.1 Å². The molecule has 0 aliphatic rings. The molecule has 0 aliphatic heterocycles. The van der Waals surface area contributed by atoms with Crippen molar-refractivity contribution in [2.45, 2.75) is 25.9 Å². The van der Waals surface area contributed by atoms with Gasteiger partial charge in [-0.15, -0.1) is 0 Å². The SMILES string of the molecule is C[C@H](NP(=O)(N[C@@H](C)c1ccccc1)c1cc2ccccc2n(C)c1=O)c1ccccc1. The molecule has 1 aromatic heterocycles. The molecule has 0 fully saturated rings. The lowest BCUT2D eigenvalue weighted by Gasteiger charge is -2.28. The van der Waals surface area contributed by atoms with Crippen LogP contribution in [-0.4, -0.2) is 4.57 Å². The van der Waals surface area contributed by atoms with E-state index >= 15 is 0 Å². The maximum Gasteiger partial charge on any atom is 0.264 e. The normalized spacial score (nSPS) is 13.7. The van der Waals surface area contributed by atoms with Crippen molar-refractivity contribution < 1.29 is 4.57 Å². The molecule has 0 bridgehead atoms. The summed E-state index contributed by atoms with van der Waals surface area (Å²) in [5.74, 6) is 0. The topological polar surface area (TPSA) is 63.1 Å². The predicted molar refractivity (Wildman–Crippen MR) is 132 cm³/mol. The van der Waals surface area contributed by atoms with Gasteiger partial charge in [-0.05, 0) is 42.5 Å². The molecule has 1 heterocycles. The molecule has 0 saturated heterocycles. The Kier molecular flexibility index (Phi) is 6.43. The second-order valence-electron chi connectivity index (χ2n) is 8.08. The number of hydrogen-bond donors (Lipinski definition) is 2. The quantitative estimate of drug-likeness (QED) is 0.391. The van der Waals surface area contributed by atoms with E-state index in [9.17, 15) is 9.36 Å². The van der Waals surface area contributed by atoms with Gasteiger partial charge in [0.05, 0.1) is 5.52 Å². The molecule has 3 aromatic carbocycles. The van der Waals surface area contributed by atoms with Gasteiger partial charge in [0.2, 0.25) is 7.44 Å². The van der Waals surface area contributed by atoms with Gasteiger partial charge in [0.1, 0.15) is 5.30 Å². The van der Waals surface area contributed by atoms with E-state index in [4.69, 9.17) is 0 Å². The molecular weight excluding hydrogens is 417 g/mol. The molecule has 0 saturated carbocycles. The average Bonchev–Trinajstić information content (AvgIpc) is 2.82. The second kappa shape index (κ2) is 9.25. The average molecular weight is 446 g/mol. The first-order valence-corrected chi connectivity index (χ1v) is 12.4. The van der Waals surface area contributed by atoms with Crippen molar-refractivity contribution in [1.82, 2.24) is 14.7 Å². The van der Waals surface area contributed by atoms with Crippen LogP contribution < -0.4 is 21.0 Å². The van der Waals surface area contributed by atoms with Crippen LogP contribution in [0.2, 0.25) is 0 Å². The van der Waals surface area contributed by atoms with E-state index < -0.39 is 7.44 Å². The highest BCUT2D eigenvalue weighted by molar-refractivity contribution is 7.67. The van der Waals surface area contributed by atoms with Crippen LogP contribution in [0, 0.1) is 0 Å². The van der Waals surface area contributed by atoms with Crippen LogP contribution in [0.4, 0.5) is 0 Å². The Balaban J connectivity index is 1.82. The fourth-order valence-electron chi connectivity index (χ4n) is 3.99. The minimum Gasteiger partial charge on any atom is -0.311 e. The van der Waals surface area contributed by atoms with Gasteiger partial charge in [0.25, 0.3) is 5.56 Å². The fourth-order valence-corrected chi connectivity index (χ4v) is 6.47. The van der Waals surface area contributed by atoms with Crippen LogP contribution in [-0.2, 0) is 11.6 Å². The first-order chi connectivity index (χ1) is 15.4. The van der Waals surface area contributed by atoms with Crippen LogP contribution in [0.3, 0.4) is 0 Å². The van der Waals surface area contributed by atoms with E-state index in [1.54, 1.807) is 17.7 Å². The first kappa shape index (κ1) is 22.2. The Hall–Kier alpha value is -2.98. The molecule has 164 valence electrons. The first-order valence-electron chi connectivity index (χ1n) is 10.7. The van der Waals surface area contributed by atoms with Crippen molar-refractivity contribution in [1.29, 1.82) is 0 Å². The molecule has 2 N–H and O–H groups in total.